The summed E-state index contributed by atoms with van der Waals surface area (Å²) >= 11 is 0. The van der Waals surface area contributed by atoms with Crippen molar-refractivity contribution in [2.75, 3.05) is 26.2 Å². The minimum atomic E-state index is -0.136. The SMILES string of the molecule is CC(C)(C)Oc1ccc([C@@H](C2CCCCC2)N2CCNCC2)cc1.Cl.Cl. The molecule has 150 valence electrons. The van der Waals surface area contributed by atoms with Gasteiger partial charge in [0.15, 0.2) is 0 Å². The third kappa shape index (κ3) is 6.60. The number of hydrogen-bond donors (Lipinski definition) is 1. The number of piperazine rings is 1. The Kier molecular flexibility index (Phi) is 9.74. The molecule has 0 amide bonds. The maximum Gasteiger partial charge on any atom is 0.120 e. The molecule has 1 N–H and O–H groups in total. The summed E-state index contributed by atoms with van der Waals surface area (Å²) in [5.41, 5.74) is 1.34. The van der Waals surface area contributed by atoms with Crippen LogP contribution in [0.2, 0.25) is 0 Å². The lowest BCUT2D eigenvalue weighted by molar-refractivity contribution is 0.103. The first-order valence-electron chi connectivity index (χ1n) is 9.77. The summed E-state index contributed by atoms with van der Waals surface area (Å²) < 4.78 is 6.00. The highest BCUT2D eigenvalue weighted by Gasteiger charge is 2.30. The average Bonchev–Trinajstić information content (AvgIpc) is 2.57. The van der Waals surface area contributed by atoms with Crippen molar-refractivity contribution in [2.45, 2.75) is 64.5 Å². The van der Waals surface area contributed by atoms with Gasteiger partial charge in [-0.3, -0.25) is 4.90 Å². The van der Waals surface area contributed by atoms with E-state index in [2.05, 4.69) is 55.3 Å². The van der Waals surface area contributed by atoms with Crippen molar-refractivity contribution in [3.05, 3.63) is 29.8 Å². The Morgan fingerprint density at radius 3 is 2.08 bits per heavy atom. The predicted molar refractivity (Wildman–Crippen MR) is 115 cm³/mol. The van der Waals surface area contributed by atoms with Gasteiger partial charge in [-0.1, -0.05) is 31.4 Å². The van der Waals surface area contributed by atoms with Crippen LogP contribution in [0.3, 0.4) is 0 Å². The van der Waals surface area contributed by atoms with Gasteiger partial charge in [0.2, 0.25) is 0 Å². The van der Waals surface area contributed by atoms with Crippen LogP contribution in [0.4, 0.5) is 0 Å². The van der Waals surface area contributed by atoms with Gasteiger partial charge in [-0.05, 0) is 57.2 Å². The van der Waals surface area contributed by atoms with Gasteiger partial charge in [-0.15, -0.1) is 24.8 Å². The Labute approximate surface area is 172 Å². The Morgan fingerprint density at radius 1 is 0.962 bits per heavy atom. The van der Waals surface area contributed by atoms with Gasteiger partial charge < -0.3 is 10.1 Å². The molecular formula is C21H36Cl2N2O. The topological polar surface area (TPSA) is 24.5 Å². The summed E-state index contributed by atoms with van der Waals surface area (Å²) in [5, 5.41) is 3.50. The Bertz CT molecular complexity index is 486. The number of benzene rings is 1. The van der Waals surface area contributed by atoms with E-state index in [-0.39, 0.29) is 30.4 Å². The second kappa shape index (κ2) is 10.8. The molecule has 1 saturated carbocycles. The highest BCUT2D eigenvalue weighted by molar-refractivity contribution is 5.85. The van der Waals surface area contributed by atoms with Gasteiger partial charge in [0.1, 0.15) is 11.4 Å². The van der Waals surface area contributed by atoms with Crippen LogP contribution in [0, 0.1) is 5.92 Å². The zero-order valence-corrected chi connectivity index (χ0v) is 18.1. The largest absolute Gasteiger partial charge is 0.488 e. The molecule has 0 unspecified atom stereocenters. The van der Waals surface area contributed by atoms with E-state index in [9.17, 15) is 0 Å². The van der Waals surface area contributed by atoms with Gasteiger partial charge in [0.25, 0.3) is 0 Å². The maximum absolute atomic E-state index is 6.00. The number of halogens is 2. The molecule has 5 heteroatoms. The Balaban J connectivity index is 0.00000169. The third-order valence-corrected chi connectivity index (χ3v) is 5.29. The summed E-state index contributed by atoms with van der Waals surface area (Å²) in [4.78, 5) is 2.71. The first-order chi connectivity index (χ1) is 11.5. The van der Waals surface area contributed by atoms with E-state index in [0.717, 1.165) is 24.8 Å². The predicted octanol–water partition coefficient (Wildman–Crippen LogP) is 5.23. The summed E-state index contributed by atoms with van der Waals surface area (Å²) in [5.74, 6) is 1.79. The molecule has 2 aliphatic rings. The van der Waals surface area contributed by atoms with Crippen molar-refractivity contribution < 1.29 is 4.74 Å². The first kappa shape index (κ1) is 23.6. The molecule has 26 heavy (non-hydrogen) atoms. The van der Waals surface area contributed by atoms with Crippen LogP contribution in [0.1, 0.15) is 64.5 Å². The summed E-state index contributed by atoms with van der Waals surface area (Å²) in [7, 11) is 0. The molecule has 1 heterocycles. The first-order valence-corrected chi connectivity index (χ1v) is 9.77. The Hall–Kier alpha value is -0.480. The lowest BCUT2D eigenvalue weighted by atomic mass is 9.80. The van der Waals surface area contributed by atoms with Crippen LogP contribution >= 0.6 is 24.8 Å². The molecule has 0 aromatic heterocycles. The zero-order valence-electron chi connectivity index (χ0n) is 16.5. The van der Waals surface area contributed by atoms with E-state index < -0.39 is 0 Å². The fourth-order valence-electron chi connectivity index (χ4n) is 4.28. The van der Waals surface area contributed by atoms with Crippen LogP contribution in [0.15, 0.2) is 24.3 Å². The third-order valence-electron chi connectivity index (χ3n) is 5.29. The highest BCUT2D eigenvalue weighted by atomic mass is 35.5. The molecule has 3 rings (SSSR count). The van der Waals surface area contributed by atoms with Crippen LogP contribution < -0.4 is 10.1 Å². The molecular weight excluding hydrogens is 367 g/mol. The number of ether oxygens (including phenoxy) is 1. The molecule has 3 nitrogen and oxygen atoms in total. The molecule has 1 aliphatic heterocycles. The molecule has 1 aliphatic carbocycles. The number of hydrogen-bond acceptors (Lipinski definition) is 3. The van der Waals surface area contributed by atoms with Crippen molar-refractivity contribution >= 4 is 24.8 Å². The monoisotopic (exact) mass is 402 g/mol. The van der Waals surface area contributed by atoms with Crippen molar-refractivity contribution in [1.29, 1.82) is 0 Å². The molecule has 1 aromatic carbocycles. The fraction of sp³-hybridized carbons (Fsp3) is 0.714. The van der Waals surface area contributed by atoms with Crippen LogP contribution in [0.25, 0.3) is 0 Å². The van der Waals surface area contributed by atoms with Gasteiger partial charge in [-0.2, -0.15) is 0 Å². The fourth-order valence-corrected chi connectivity index (χ4v) is 4.28. The molecule has 1 aromatic rings. The quantitative estimate of drug-likeness (QED) is 0.745. The Morgan fingerprint density at radius 2 is 1.54 bits per heavy atom. The van der Waals surface area contributed by atoms with E-state index in [0.29, 0.717) is 6.04 Å². The van der Waals surface area contributed by atoms with E-state index in [1.807, 2.05) is 0 Å². The number of nitrogens with zero attached hydrogens (tertiary/aromatic N) is 1. The minimum absolute atomic E-state index is 0. The van der Waals surface area contributed by atoms with Gasteiger partial charge in [-0.25, -0.2) is 0 Å². The van der Waals surface area contributed by atoms with E-state index >= 15 is 0 Å². The summed E-state index contributed by atoms with van der Waals surface area (Å²) in [6.45, 7) is 10.9. The van der Waals surface area contributed by atoms with Crippen molar-refractivity contribution in [1.82, 2.24) is 10.2 Å². The second-order valence-electron chi connectivity index (χ2n) is 8.41. The van der Waals surface area contributed by atoms with Crippen LogP contribution in [-0.4, -0.2) is 36.7 Å². The lowest BCUT2D eigenvalue weighted by Gasteiger charge is -2.41. The van der Waals surface area contributed by atoms with E-state index in [1.54, 1.807) is 0 Å². The molecule has 0 radical (unpaired) electrons. The summed E-state index contributed by atoms with van der Waals surface area (Å²) in [6.07, 6.45) is 6.99. The summed E-state index contributed by atoms with van der Waals surface area (Å²) in [6, 6.07) is 9.53. The van der Waals surface area contributed by atoms with Gasteiger partial charge >= 0.3 is 0 Å². The van der Waals surface area contributed by atoms with E-state index in [1.165, 1.54) is 50.8 Å². The molecule has 1 atom stereocenters. The second-order valence-corrected chi connectivity index (χ2v) is 8.41. The van der Waals surface area contributed by atoms with Crippen LogP contribution in [-0.2, 0) is 0 Å². The normalized spacial score (nSPS) is 20.6. The molecule has 1 saturated heterocycles. The number of nitrogens with one attached hydrogen (secondary N) is 1. The van der Waals surface area contributed by atoms with Crippen molar-refractivity contribution in [3.8, 4) is 5.75 Å². The minimum Gasteiger partial charge on any atom is -0.488 e. The van der Waals surface area contributed by atoms with Crippen molar-refractivity contribution in [3.63, 3.8) is 0 Å². The average molecular weight is 403 g/mol. The van der Waals surface area contributed by atoms with Crippen LogP contribution in [0.5, 0.6) is 5.75 Å². The smallest absolute Gasteiger partial charge is 0.120 e. The number of rotatable bonds is 4. The maximum atomic E-state index is 6.00. The highest BCUT2D eigenvalue weighted by Crippen LogP contribution is 2.39. The molecule has 2 fully saturated rings. The zero-order chi connectivity index (χ0) is 17.0. The molecule has 0 spiro atoms. The van der Waals surface area contributed by atoms with Gasteiger partial charge in [0.05, 0.1) is 0 Å². The van der Waals surface area contributed by atoms with Crippen molar-refractivity contribution in [2.24, 2.45) is 5.92 Å². The molecule has 0 bridgehead atoms. The van der Waals surface area contributed by atoms with Gasteiger partial charge in [0, 0.05) is 32.2 Å². The lowest BCUT2D eigenvalue weighted by Crippen LogP contribution is -2.47. The van der Waals surface area contributed by atoms with E-state index in [4.69, 9.17) is 4.74 Å². The standard InChI is InChI=1S/C21H34N2O.2ClH/c1-21(2,3)24-19-11-9-18(10-12-19)20(17-7-5-4-6-8-17)23-15-13-22-14-16-23;;/h9-12,17,20,22H,4-8,13-16H2,1-3H3;2*1H/t20-;;/m1../s1.